The van der Waals surface area contributed by atoms with Crippen molar-refractivity contribution in [3.05, 3.63) is 65.2 Å². The first-order valence-corrected chi connectivity index (χ1v) is 12.4. The lowest BCUT2D eigenvalue weighted by molar-refractivity contribution is -0.139. The fraction of sp³-hybridized carbons (Fsp3) is 0.375. The number of rotatable bonds is 6. The Labute approximate surface area is 194 Å². The minimum Gasteiger partial charge on any atom is -0.339 e. The summed E-state index contributed by atoms with van der Waals surface area (Å²) < 4.78 is 26.9. The fourth-order valence-electron chi connectivity index (χ4n) is 3.69. The third-order valence-corrected chi connectivity index (χ3v) is 7.54. The SMILES string of the molecule is CCC(=O)N1CCN(C(=O)[C@H](NC(=O)c2cccc(C)c2)S(=O)(=O)c2ccc(C)cc2)CC1. The Hall–Kier alpha value is -3.20. The van der Waals surface area contributed by atoms with Gasteiger partial charge in [0.05, 0.1) is 4.90 Å². The summed E-state index contributed by atoms with van der Waals surface area (Å²) in [6.45, 7) is 6.46. The van der Waals surface area contributed by atoms with Gasteiger partial charge < -0.3 is 15.1 Å². The van der Waals surface area contributed by atoms with Crippen molar-refractivity contribution >= 4 is 27.6 Å². The predicted molar refractivity (Wildman–Crippen MR) is 124 cm³/mol. The van der Waals surface area contributed by atoms with E-state index in [9.17, 15) is 22.8 Å². The van der Waals surface area contributed by atoms with E-state index in [0.717, 1.165) is 11.1 Å². The fourth-order valence-corrected chi connectivity index (χ4v) is 5.15. The molecule has 1 heterocycles. The second-order valence-electron chi connectivity index (χ2n) is 8.14. The first-order valence-electron chi connectivity index (χ1n) is 10.9. The monoisotopic (exact) mass is 471 g/mol. The Morgan fingerprint density at radius 3 is 2.09 bits per heavy atom. The lowest BCUT2D eigenvalue weighted by atomic mass is 10.1. The summed E-state index contributed by atoms with van der Waals surface area (Å²) in [5.41, 5.74) is 1.98. The van der Waals surface area contributed by atoms with Crippen LogP contribution in [0.3, 0.4) is 0 Å². The van der Waals surface area contributed by atoms with E-state index in [1.807, 2.05) is 19.9 Å². The van der Waals surface area contributed by atoms with Gasteiger partial charge in [-0.3, -0.25) is 14.4 Å². The van der Waals surface area contributed by atoms with Crippen LogP contribution >= 0.6 is 0 Å². The number of carbonyl (C=O) groups is 3. The summed E-state index contributed by atoms with van der Waals surface area (Å²) in [7, 11) is -4.22. The van der Waals surface area contributed by atoms with Crippen LogP contribution < -0.4 is 5.32 Å². The summed E-state index contributed by atoms with van der Waals surface area (Å²) in [4.78, 5) is 41.3. The Morgan fingerprint density at radius 1 is 0.909 bits per heavy atom. The van der Waals surface area contributed by atoms with Crippen molar-refractivity contribution in [2.75, 3.05) is 26.2 Å². The quantitative estimate of drug-likeness (QED) is 0.693. The van der Waals surface area contributed by atoms with E-state index in [4.69, 9.17) is 0 Å². The first-order chi connectivity index (χ1) is 15.6. The number of amides is 3. The zero-order valence-electron chi connectivity index (χ0n) is 19.1. The Balaban J connectivity index is 1.89. The molecule has 0 unspecified atom stereocenters. The van der Waals surface area contributed by atoms with E-state index in [-0.39, 0.29) is 29.5 Å². The molecule has 1 saturated heterocycles. The van der Waals surface area contributed by atoms with E-state index >= 15 is 0 Å². The number of carbonyl (C=O) groups excluding carboxylic acids is 3. The number of aryl methyl sites for hydroxylation is 2. The lowest BCUT2D eigenvalue weighted by Crippen LogP contribution is -2.57. The average molecular weight is 472 g/mol. The molecule has 3 rings (SSSR count). The van der Waals surface area contributed by atoms with Crippen molar-refractivity contribution in [3.8, 4) is 0 Å². The van der Waals surface area contributed by atoms with Crippen LogP contribution in [0.15, 0.2) is 53.4 Å². The molecular weight excluding hydrogens is 442 g/mol. The van der Waals surface area contributed by atoms with Gasteiger partial charge in [-0.2, -0.15) is 0 Å². The molecule has 0 aliphatic carbocycles. The van der Waals surface area contributed by atoms with Crippen LogP contribution in [-0.4, -0.2) is 67.5 Å². The maximum absolute atomic E-state index is 13.5. The van der Waals surface area contributed by atoms with Crippen LogP contribution in [0.25, 0.3) is 0 Å². The molecule has 1 aliphatic rings. The minimum atomic E-state index is -4.22. The molecule has 0 saturated carbocycles. The van der Waals surface area contributed by atoms with Crippen LogP contribution in [0, 0.1) is 13.8 Å². The molecule has 3 amide bonds. The summed E-state index contributed by atoms with van der Waals surface area (Å²) in [5, 5.41) is 0.681. The number of nitrogens with one attached hydrogen (secondary N) is 1. The third-order valence-electron chi connectivity index (χ3n) is 5.67. The van der Waals surface area contributed by atoms with Crippen molar-refractivity contribution in [2.24, 2.45) is 0 Å². The normalized spacial score (nSPS) is 15.1. The van der Waals surface area contributed by atoms with Gasteiger partial charge >= 0.3 is 0 Å². The molecule has 0 spiro atoms. The maximum atomic E-state index is 13.5. The van der Waals surface area contributed by atoms with E-state index < -0.39 is 27.0 Å². The highest BCUT2D eigenvalue weighted by Crippen LogP contribution is 2.19. The van der Waals surface area contributed by atoms with Crippen molar-refractivity contribution in [3.63, 3.8) is 0 Å². The van der Waals surface area contributed by atoms with Crippen LogP contribution in [-0.2, 0) is 19.4 Å². The van der Waals surface area contributed by atoms with Gasteiger partial charge in [0.1, 0.15) is 0 Å². The topological polar surface area (TPSA) is 104 Å². The second-order valence-corrected chi connectivity index (χ2v) is 10.2. The predicted octanol–water partition coefficient (Wildman–Crippen LogP) is 1.91. The molecule has 176 valence electrons. The molecule has 0 radical (unpaired) electrons. The highest BCUT2D eigenvalue weighted by Gasteiger charge is 2.39. The standard InChI is InChI=1S/C24H29N3O5S/c1-4-21(28)26-12-14-27(15-13-26)24(30)23(25-22(29)19-7-5-6-18(3)16-19)33(31,32)20-10-8-17(2)9-11-20/h5-11,16,23H,4,12-15H2,1-3H3,(H,25,29)/t23-/m1/s1. The van der Waals surface area contributed by atoms with Gasteiger partial charge in [0, 0.05) is 38.2 Å². The molecule has 9 heteroatoms. The van der Waals surface area contributed by atoms with Crippen molar-refractivity contribution < 1.29 is 22.8 Å². The first kappa shape index (κ1) is 24.4. The minimum absolute atomic E-state index is 0.0151. The summed E-state index contributed by atoms with van der Waals surface area (Å²) in [5.74, 6) is -1.37. The lowest BCUT2D eigenvalue weighted by Gasteiger charge is -2.36. The number of hydrogen-bond donors (Lipinski definition) is 1. The van der Waals surface area contributed by atoms with E-state index in [1.165, 1.54) is 17.0 Å². The number of sulfone groups is 1. The summed E-state index contributed by atoms with van der Waals surface area (Å²) in [6.07, 6.45) is 0.366. The molecule has 1 aliphatic heterocycles. The molecule has 0 bridgehead atoms. The Morgan fingerprint density at radius 2 is 1.52 bits per heavy atom. The molecule has 8 nitrogen and oxygen atoms in total. The van der Waals surface area contributed by atoms with Gasteiger partial charge in [-0.25, -0.2) is 8.42 Å². The van der Waals surface area contributed by atoms with Crippen LogP contribution in [0.4, 0.5) is 0 Å². The zero-order chi connectivity index (χ0) is 24.2. The molecule has 1 atom stereocenters. The Bertz CT molecular complexity index is 1140. The Kier molecular flexibility index (Phi) is 7.53. The molecule has 1 N–H and O–H groups in total. The van der Waals surface area contributed by atoms with Gasteiger partial charge in [-0.1, -0.05) is 42.3 Å². The molecule has 2 aromatic carbocycles. The van der Waals surface area contributed by atoms with Crippen molar-refractivity contribution in [2.45, 2.75) is 37.5 Å². The third kappa shape index (κ3) is 5.60. The highest BCUT2D eigenvalue weighted by molar-refractivity contribution is 7.92. The molecule has 33 heavy (non-hydrogen) atoms. The van der Waals surface area contributed by atoms with Gasteiger partial charge in [0.15, 0.2) is 0 Å². The van der Waals surface area contributed by atoms with Gasteiger partial charge in [0.2, 0.25) is 21.1 Å². The highest BCUT2D eigenvalue weighted by atomic mass is 32.2. The van der Waals surface area contributed by atoms with Crippen molar-refractivity contribution in [1.82, 2.24) is 15.1 Å². The number of piperazine rings is 1. The molecule has 2 aromatic rings. The number of hydrogen-bond acceptors (Lipinski definition) is 5. The second kappa shape index (κ2) is 10.2. The van der Waals surface area contributed by atoms with Gasteiger partial charge in [-0.15, -0.1) is 0 Å². The summed E-state index contributed by atoms with van der Waals surface area (Å²) in [6, 6.07) is 12.9. The van der Waals surface area contributed by atoms with E-state index in [0.29, 0.717) is 19.5 Å². The van der Waals surface area contributed by atoms with Crippen LogP contribution in [0.5, 0.6) is 0 Å². The van der Waals surface area contributed by atoms with Crippen molar-refractivity contribution in [1.29, 1.82) is 0 Å². The van der Waals surface area contributed by atoms with E-state index in [2.05, 4.69) is 5.32 Å². The molecule has 0 aromatic heterocycles. The van der Waals surface area contributed by atoms with Crippen LogP contribution in [0.1, 0.15) is 34.8 Å². The van der Waals surface area contributed by atoms with Crippen LogP contribution in [0.2, 0.25) is 0 Å². The largest absolute Gasteiger partial charge is 0.339 e. The number of benzene rings is 2. The zero-order valence-corrected chi connectivity index (χ0v) is 19.9. The smallest absolute Gasteiger partial charge is 0.261 e. The van der Waals surface area contributed by atoms with E-state index in [1.54, 1.807) is 42.2 Å². The average Bonchev–Trinajstić information content (AvgIpc) is 2.81. The van der Waals surface area contributed by atoms with Gasteiger partial charge in [-0.05, 0) is 38.1 Å². The maximum Gasteiger partial charge on any atom is 0.261 e. The number of nitrogens with zero attached hydrogens (tertiary/aromatic N) is 2. The van der Waals surface area contributed by atoms with Gasteiger partial charge in [0.25, 0.3) is 11.8 Å². The molecule has 1 fully saturated rings. The molecular formula is C24H29N3O5S. The summed E-state index contributed by atoms with van der Waals surface area (Å²) >= 11 is 0.